The molecule has 1 aliphatic rings. The van der Waals surface area contributed by atoms with Gasteiger partial charge in [-0.05, 0) is 49.1 Å². The van der Waals surface area contributed by atoms with Gasteiger partial charge in [0.25, 0.3) is 5.91 Å². The highest BCUT2D eigenvalue weighted by Gasteiger charge is 2.19. The summed E-state index contributed by atoms with van der Waals surface area (Å²) in [5.74, 6) is 0.202. The molecule has 6 nitrogen and oxygen atoms in total. The minimum Gasteiger partial charge on any atom is -0.355 e. The molecule has 1 saturated carbocycles. The number of rotatable bonds is 9. The molecule has 2 N–H and O–H groups in total. The van der Waals surface area contributed by atoms with E-state index in [0.29, 0.717) is 22.2 Å². The van der Waals surface area contributed by atoms with Crippen molar-refractivity contribution in [3.8, 4) is 0 Å². The zero-order chi connectivity index (χ0) is 23.6. The minimum atomic E-state index is -0.319. The predicted octanol–water partition coefficient (Wildman–Crippen LogP) is 4.84. The molecule has 8 heteroatoms. The van der Waals surface area contributed by atoms with E-state index in [1.165, 1.54) is 48.8 Å². The molecule has 33 heavy (non-hydrogen) atoms. The van der Waals surface area contributed by atoms with Crippen molar-refractivity contribution >= 4 is 46.8 Å². The Hall–Kier alpha value is -2.51. The molecule has 0 radical (unpaired) electrons. The van der Waals surface area contributed by atoms with Gasteiger partial charge in [0.1, 0.15) is 0 Å². The maximum absolute atomic E-state index is 13.0. The summed E-state index contributed by atoms with van der Waals surface area (Å²) in [5, 5.41) is 6.29. The van der Waals surface area contributed by atoms with Gasteiger partial charge in [-0.1, -0.05) is 49.1 Å². The highest BCUT2D eigenvalue weighted by molar-refractivity contribution is 8.00. The quantitative estimate of drug-likeness (QED) is 0.496. The van der Waals surface area contributed by atoms with Crippen LogP contribution in [0.5, 0.6) is 0 Å². The number of thioether (sulfide) groups is 1. The van der Waals surface area contributed by atoms with Crippen molar-refractivity contribution in [2.75, 3.05) is 31.2 Å². The van der Waals surface area contributed by atoms with Gasteiger partial charge < -0.3 is 15.5 Å². The molecule has 3 rings (SSSR count). The number of carbonyl (C=O) groups excluding carboxylic acids is 3. The fourth-order valence-electron chi connectivity index (χ4n) is 3.87. The number of amides is 3. The maximum Gasteiger partial charge on any atom is 0.255 e. The monoisotopic (exact) mass is 487 g/mol. The normalized spacial score (nSPS) is 13.9. The van der Waals surface area contributed by atoms with Gasteiger partial charge in [-0.15, -0.1) is 11.8 Å². The standard InChI is InChI=1S/C25H30ClN3O3S/c1-29(16-23(30)28-20-11-7-10-19(26)14-20)25(32)21-12-5-6-13-22(21)33-17-24(31)27-15-18-8-3-2-4-9-18/h5-7,10-14,18H,2-4,8-9,15-17H2,1H3,(H,27,31)(H,28,30). The van der Waals surface area contributed by atoms with Crippen molar-refractivity contribution in [1.29, 1.82) is 0 Å². The number of carbonyl (C=O) groups is 3. The van der Waals surface area contributed by atoms with Gasteiger partial charge in [0, 0.05) is 29.2 Å². The summed E-state index contributed by atoms with van der Waals surface area (Å²) >= 11 is 7.28. The van der Waals surface area contributed by atoms with Crippen LogP contribution in [0.25, 0.3) is 0 Å². The number of halogens is 1. The van der Waals surface area contributed by atoms with E-state index in [-0.39, 0.29) is 30.0 Å². The molecule has 0 unspecified atom stereocenters. The van der Waals surface area contributed by atoms with Gasteiger partial charge in [0.05, 0.1) is 17.9 Å². The molecule has 0 aromatic heterocycles. The number of likely N-dealkylation sites (N-methyl/N-ethyl adjacent to an activating group) is 1. The van der Waals surface area contributed by atoms with E-state index in [0.717, 1.165) is 11.4 Å². The lowest BCUT2D eigenvalue weighted by Gasteiger charge is -2.21. The van der Waals surface area contributed by atoms with Crippen LogP contribution < -0.4 is 10.6 Å². The molecule has 0 bridgehead atoms. The Bertz CT molecular complexity index is 979. The first-order chi connectivity index (χ1) is 15.9. The Morgan fingerprint density at radius 1 is 1.03 bits per heavy atom. The van der Waals surface area contributed by atoms with Crippen LogP contribution in [0.1, 0.15) is 42.5 Å². The van der Waals surface area contributed by atoms with E-state index in [2.05, 4.69) is 10.6 Å². The summed E-state index contributed by atoms with van der Waals surface area (Å²) in [5.41, 5.74) is 1.05. The van der Waals surface area contributed by atoms with Crippen molar-refractivity contribution in [3.63, 3.8) is 0 Å². The van der Waals surface area contributed by atoms with Crippen LogP contribution in [0.3, 0.4) is 0 Å². The number of nitrogens with zero attached hydrogens (tertiary/aromatic N) is 1. The highest BCUT2D eigenvalue weighted by Crippen LogP contribution is 2.25. The summed E-state index contributed by atoms with van der Waals surface area (Å²) in [6.45, 7) is 0.622. The molecule has 2 aromatic rings. The van der Waals surface area contributed by atoms with E-state index in [1.807, 2.05) is 12.1 Å². The summed E-state index contributed by atoms with van der Waals surface area (Å²) in [6, 6.07) is 14.0. The largest absolute Gasteiger partial charge is 0.355 e. The van der Waals surface area contributed by atoms with Crippen molar-refractivity contribution in [3.05, 3.63) is 59.1 Å². The average molecular weight is 488 g/mol. The van der Waals surface area contributed by atoms with Crippen molar-refractivity contribution in [2.45, 2.75) is 37.0 Å². The molecule has 0 heterocycles. The molecule has 1 aliphatic carbocycles. The van der Waals surface area contributed by atoms with Gasteiger partial charge in [0.15, 0.2) is 0 Å². The van der Waals surface area contributed by atoms with Crippen LogP contribution in [0, 0.1) is 5.92 Å². The lowest BCUT2D eigenvalue weighted by molar-refractivity contribution is -0.119. The van der Waals surface area contributed by atoms with E-state index in [9.17, 15) is 14.4 Å². The lowest BCUT2D eigenvalue weighted by Crippen LogP contribution is -2.35. The first-order valence-corrected chi connectivity index (χ1v) is 12.6. The van der Waals surface area contributed by atoms with E-state index < -0.39 is 0 Å². The first-order valence-electron chi connectivity index (χ1n) is 11.2. The van der Waals surface area contributed by atoms with Gasteiger partial charge in [-0.3, -0.25) is 14.4 Å². The zero-order valence-corrected chi connectivity index (χ0v) is 20.4. The molecule has 2 aromatic carbocycles. The van der Waals surface area contributed by atoms with Crippen molar-refractivity contribution < 1.29 is 14.4 Å². The molecule has 0 atom stereocenters. The Balaban J connectivity index is 1.51. The third-order valence-corrected chi connectivity index (χ3v) is 6.93. The summed E-state index contributed by atoms with van der Waals surface area (Å²) < 4.78 is 0. The molecular weight excluding hydrogens is 458 g/mol. The number of anilines is 1. The number of nitrogens with one attached hydrogen (secondary N) is 2. The SMILES string of the molecule is CN(CC(=O)Nc1cccc(Cl)c1)C(=O)c1ccccc1SCC(=O)NCC1CCCCC1. The number of hydrogen-bond acceptors (Lipinski definition) is 4. The van der Waals surface area contributed by atoms with E-state index in [4.69, 9.17) is 11.6 Å². The lowest BCUT2D eigenvalue weighted by atomic mass is 9.89. The molecular formula is C25H30ClN3O3S. The Morgan fingerprint density at radius 3 is 2.55 bits per heavy atom. The van der Waals surface area contributed by atoms with Crippen LogP contribution in [-0.2, 0) is 9.59 Å². The van der Waals surface area contributed by atoms with E-state index >= 15 is 0 Å². The van der Waals surface area contributed by atoms with Gasteiger partial charge in [-0.2, -0.15) is 0 Å². The number of hydrogen-bond donors (Lipinski definition) is 2. The maximum atomic E-state index is 13.0. The van der Waals surface area contributed by atoms with Gasteiger partial charge in [-0.25, -0.2) is 0 Å². The average Bonchev–Trinajstić information content (AvgIpc) is 2.81. The van der Waals surface area contributed by atoms with Crippen LogP contribution in [-0.4, -0.2) is 48.5 Å². The van der Waals surface area contributed by atoms with Crippen LogP contribution in [0.4, 0.5) is 5.69 Å². The first kappa shape index (κ1) is 25.1. The second kappa shape index (κ2) is 12.7. The minimum absolute atomic E-state index is 0.0259. The molecule has 1 fully saturated rings. The van der Waals surface area contributed by atoms with E-state index in [1.54, 1.807) is 43.4 Å². The fraction of sp³-hybridized carbons (Fsp3) is 0.400. The molecule has 0 spiro atoms. The fourth-order valence-corrected chi connectivity index (χ4v) is 4.94. The van der Waals surface area contributed by atoms with Gasteiger partial charge >= 0.3 is 0 Å². The van der Waals surface area contributed by atoms with Crippen LogP contribution in [0.15, 0.2) is 53.4 Å². The zero-order valence-electron chi connectivity index (χ0n) is 18.8. The smallest absolute Gasteiger partial charge is 0.255 e. The Morgan fingerprint density at radius 2 is 1.79 bits per heavy atom. The number of benzene rings is 2. The topological polar surface area (TPSA) is 78.5 Å². The Labute approximate surface area is 204 Å². The summed E-state index contributed by atoms with van der Waals surface area (Å²) in [4.78, 5) is 39.8. The van der Waals surface area contributed by atoms with Crippen LogP contribution in [0.2, 0.25) is 5.02 Å². The molecule has 0 aliphatic heterocycles. The van der Waals surface area contributed by atoms with Crippen molar-refractivity contribution in [2.24, 2.45) is 5.92 Å². The third-order valence-electron chi connectivity index (χ3n) is 5.62. The summed E-state index contributed by atoms with van der Waals surface area (Å²) in [6.07, 6.45) is 6.15. The molecule has 176 valence electrons. The Kier molecular flexibility index (Phi) is 9.63. The van der Waals surface area contributed by atoms with Crippen molar-refractivity contribution in [1.82, 2.24) is 10.2 Å². The second-order valence-electron chi connectivity index (χ2n) is 8.31. The third kappa shape index (κ3) is 8.09. The summed E-state index contributed by atoms with van der Waals surface area (Å²) in [7, 11) is 1.58. The molecule has 3 amide bonds. The van der Waals surface area contributed by atoms with Crippen LogP contribution >= 0.6 is 23.4 Å². The molecule has 0 saturated heterocycles. The van der Waals surface area contributed by atoms with Gasteiger partial charge in [0.2, 0.25) is 11.8 Å². The predicted molar refractivity (Wildman–Crippen MR) is 134 cm³/mol. The highest BCUT2D eigenvalue weighted by atomic mass is 35.5. The second-order valence-corrected chi connectivity index (χ2v) is 9.77.